The fraction of sp³-hybridized carbons (Fsp3) is 0.214. The van der Waals surface area contributed by atoms with Crippen LogP contribution < -0.4 is 4.40 Å². The van der Waals surface area contributed by atoms with Gasteiger partial charge in [-0.15, -0.1) is 0 Å². The van der Waals surface area contributed by atoms with Gasteiger partial charge in [0.15, 0.2) is 0 Å². The second kappa shape index (κ2) is 4.42. The molecule has 2 aromatic rings. The summed E-state index contributed by atoms with van der Waals surface area (Å²) in [6, 6.07) is 2.26. The van der Waals surface area contributed by atoms with Crippen molar-refractivity contribution in [2.24, 2.45) is 0 Å². The number of benzene rings is 1. The summed E-state index contributed by atoms with van der Waals surface area (Å²) in [5.74, 6) is 6.75. The fourth-order valence-electron chi connectivity index (χ4n) is 1.36. The molecule has 0 aliphatic rings. The summed E-state index contributed by atoms with van der Waals surface area (Å²) in [6.45, 7) is 0. The van der Waals surface area contributed by atoms with Gasteiger partial charge in [0.2, 0.25) is 0 Å². The van der Waals surface area contributed by atoms with Crippen molar-refractivity contribution in [2.75, 3.05) is 0 Å². The average molecular weight is 277 g/mol. The molecule has 2 heteroatoms. The molecule has 0 saturated heterocycles. The Labute approximate surface area is 107 Å². The standard InChI is InChI=1S/C14H17GeN/c1-15(2,3)13-9-10-14(16-11-13)12-7-5-4-6-8-12/h4-11H,1-3H3/i4D,5D,6D,7D,8D. The summed E-state index contributed by atoms with van der Waals surface area (Å²) in [5, 5.41) is 0. The van der Waals surface area contributed by atoms with Crippen molar-refractivity contribution in [3.05, 3.63) is 48.5 Å². The molecule has 1 aromatic heterocycles. The van der Waals surface area contributed by atoms with Crippen molar-refractivity contribution in [1.82, 2.24) is 4.98 Å². The van der Waals surface area contributed by atoms with E-state index in [1.54, 1.807) is 12.3 Å². The molecule has 0 saturated carbocycles. The van der Waals surface area contributed by atoms with E-state index in [2.05, 4.69) is 22.3 Å². The molecule has 2 rings (SSSR count). The van der Waals surface area contributed by atoms with Crippen LogP contribution >= 0.6 is 0 Å². The maximum atomic E-state index is 7.95. The molecule has 0 unspecified atom stereocenters. The number of hydrogen-bond acceptors (Lipinski definition) is 1. The van der Waals surface area contributed by atoms with Gasteiger partial charge >= 0.3 is 107 Å². The van der Waals surface area contributed by atoms with E-state index in [4.69, 9.17) is 6.85 Å². The van der Waals surface area contributed by atoms with Gasteiger partial charge < -0.3 is 0 Å². The van der Waals surface area contributed by atoms with Crippen LogP contribution in [0.4, 0.5) is 0 Å². The maximum absolute atomic E-state index is 7.95. The first kappa shape index (κ1) is 6.60. The van der Waals surface area contributed by atoms with Crippen LogP contribution in [0.25, 0.3) is 11.3 Å². The van der Waals surface area contributed by atoms with E-state index in [0.717, 1.165) is 0 Å². The predicted octanol–water partition coefficient (Wildman–Crippen LogP) is 3.29. The summed E-state index contributed by atoms with van der Waals surface area (Å²) in [5.41, 5.74) is 0.580. The topological polar surface area (TPSA) is 12.9 Å². The van der Waals surface area contributed by atoms with Crippen molar-refractivity contribution in [2.45, 2.75) is 17.3 Å². The number of aromatic nitrogens is 1. The quantitative estimate of drug-likeness (QED) is 0.767. The molecule has 0 atom stereocenters. The van der Waals surface area contributed by atoms with Crippen LogP contribution in [0.5, 0.6) is 0 Å². The molecule has 1 nitrogen and oxygen atoms in total. The number of nitrogens with zero attached hydrogens (tertiary/aromatic N) is 1. The first-order chi connectivity index (χ1) is 9.64. The molecule has 0 N–H and O–H groups in total. The molecule has 1 aromatic carbocycles. The Kier molecular flexibility index (Phi) is 1.82. The Morgan fingerprint density at radius 3 is 2.25 bits per heavy atom. The van der Waals surface area contributed by atoms with Gasteiger partial charge in [-0.3, -0.25) is 0 Å². The van der Waals surface area contributed by atoms with Crippen LogP contribution in [0.2, 0.25) is 17.3 Å². The molecule has 0 spiro atoms. The molecule has 82 valence electrons. The van der Waals surface area contributed by atoms with Gasteiger partial charge in [0.25, 0.3) is 0 Å². The molecule has 0 radical (unpaired) electrons. The van der Waals surface area contributed by atoms with E-state index >= 15 is 0 Å². The first-order valence-electron chi connectivity index (χ1n) is 7.68. The van der Waals surface area contributed by atoms with Crippen LogP contribution in [0, 0.1) is 0 Å². The molecule has 0 bridgehead atoms. The first-order valence-corrected chi connectivity index (χ1v) is 12.5. The molecule has 0 fully saturated rings. The van der Waals surface area contributed by atoms with Crippen molar-refractivity contribution < 1.29 is 6.85 Å². The van der Waals surface area contributed by atoms with Gasteiger partial charge in [-0.2, -0.15) is 0 Å². The van der Waals surface area contributed by atoms with Gasteiger partial charge in [0.1, 0.15) is 0 Å². The van der Waals surface area contributed by atoms with Gasteiger partial charge in [-0.05, 0) is 0 Å². The van der Waals surface area contributed by atoms with E-state index in [-0.39, 0.29) is 35.8 Å². The fourth-order valence-corrected chi connectivity index (χ4v) is 3.54. The summed E-state index contributed by atoms with van der Waals surface area (Å²) >= 11 is -1.97. The predicted molar refractivity (Wildman–Crippen MR) is 72.7 cm³/mol. The molecule has 0 amide bonds. The van der Waals surface area contributed by atoms with Gasteiger partial charge in [0, 0.05) is 0 Å². The van der Waals surface area contributed by atoms with Crippen molar-refractivity contribution in [3.8, 4) is 11.3 Å². The van der Waals surface area contributed by atoms with Gasteiger partial charge in [0.05, 0.1) is 0 Å². The Balaban J connectivity index is 2.63. The number of hydrogen-bond donors (Lipinski definition) is 0. The minimum atomic E-state index is -1.97. The van der Waals surface area contributed by atoms with Crippen LogP contribution in [-0.4, -0.2) is 18.3 Å². The van der Waals surface area contributed by atoms with Gasteiger partial charge in [-0.25, -0.2) is 0 Å². The van der Waals surface area contributed by atoms with Crippen molar-refractivity contribution >= 4 is 17.7 Å². The minimum absolute atomic E-state index is 0.161. The van der Waals surface area contributed by atoms with E-state index in [9.17, 15) is 0 Å². The molecular formula is C14H17GeN. The van der Waals surface area contributed by atoms with Crippen LogP contribution in [-0.2, 0) is 0 Å². The molecular weight excluding hydrogens is 255 g/mol. The Hall–Kier alpha value is -1.09. The van der Waals surface area contributed by atoms with Crippen molar-refractivity contribution in [1.29, 1.82) is 0 Å². The zero-order valence-corrected chi connectivity index (χ0v) is 11.8. The third-order valence-electron chi connectivity index (χ3n) is 2.39. The van der Waals surface area contributed by atoms with Crippen LogP contribution in [0.15, 0.2) is 48.5 Å². The summed E-state index contributed by atoms with van der Waals surface area (Å²) in [7, 11) is 0. The van der Waals surface area contributed by atoms with E-state index in [0.29, 0.717) is 5.69 Å². The zero-order chi connectivity index (χ0) is 15.9. The van der Waals surface area contributed by atoms with Crippen LogP contribution in [0.3, 0.4) is 0 Å². The Bertz CT molecular complexity index is 663. The summed E-state index contributed by atoms with van der Waals surface area (Å²) in [6.07, 6.45) is 1.77. The third-order valence-corrected chi connectivity index (χ3v) is 6.64. The van der Waals surface area contributed by atoms with Gasteiger partial charge in [-0.1, -0.05) is 0 Å². The van der Waals surface area contributed by atoms with Crippen LogP contribution in [0.1, 0.15) is 6.85 Å². The molecule has 16 heavy (non-hydrogen) atoms. The second-order valence-electron chi connectivity index (χ2n) is 4.68. The molecule has 0 aliphatic heterocycles. The zero-order valence-electron chi connectivity index (χ0n) is 14.7. The normalized spacial score (nSPS) is 15.8. The Morgan fingerprint density at radius 1 is 1.06 bits per heavy atom. The van der Waals surface area contributed by atoms with E-state index < -0.39 is 13.3 Å². The third kappa shape index (κ3) is 2.53. The SMILES string of the molecule is [2H]c1c([2H])c([2H])c(-c2cc[c]([Ge]([CH3])([CH3])[CH3])cn2)c([2H])c1[2H]. The monoisotopic (exact) mass is 278 g/mol. The second-order valence-corrected chi connectivity index (χ2v) is 15.3. The Morgan fingerprint density at radius 2 is 1.75 bits per heavy atom. The molecule has 0 aliphatic carbocycles. The molecule has 1 heterocycles. The summed E-state index contributed by atoms with van der Waals surface area (Å²) in [4.78, 5) is 4.33. The average Bonchev–Trinajstić information content (AvgIpc) is 2.43. The number of rotatable bonds is 2. The van der Waals surface area contributed by atoms with E-state index in [1.165, 1.54) is 4.40 Å². The van der Waals surface area contributed by atoms with E-state index in [1.807, 2.05) is 6.07 Å². The van der Waals surface area contributed by atoms with Crippen molar-refractivity contribution in [3.63, 3.8) is 0 Å². The summed E-state index contributed by atoms with van der Waals surface area (Å²) < 4.78 is 40.1. The number of pyridine rings is 1.